The molecule has 0 N–H and O–H groups in total. The number of likely N-dealkylation sites (N-methyl/N-ethyl adjacent to an activating group) is 1. The van der Waals surface area contributed by atoms with E-state index >= 15 is 0 Å². The van der Waals surface area contributed by atoms with Crippen molar-refractivity contribution in [3.05, 3.63) is 76.4 Å². The number of carbonyl (C=O) groups is 1. The van der Waals surface area contributed by atoms with Crippen LogP contribution in [-0.2, 0) is 11.3 Å². The molecular formula is C23H31NO. The molecule has 2 heteroatoms. The van der Waals surface area contributed by atoms with Gasteiger partial charge in [0.2, 0.25) is 0 Å². The Bertz CT molecular complexity index is 716. The van der Waals surface area contributed by atoms with Crippen molar-refractivity contribution in [3.8, 4) is 0 Å². The van der Waals surface area contributed by atoms with E-state index in [1.54, 1.807) is 0 Å². The summed E-state index contributed by atoms with van der Waals surface area (Å²) in [6.45, 7) is 11.3. The zero-order valence-corrected chi connectivity index (χ0v) is 16.5. The van der Waals surface area contributed by atoms with Crippen LogP contribution in [0.3, 0.4) is 0 Å². The van der Waals surface area contributed by atoms with Crippen molar-refractivity contribution < 1.29 is 4.79 Å². The topological polar surface area (TPSA) is 20.3 Å². The molecule has 0 heterocycles. The van der Waals surface area contributed by atoms with Crippen LogP contribution in [-0.4, -0.2) is 24.3 Å². The van der Waals surface area contributed by atoms with Crippen LogP contribution < -0.4 is 0 Å². The molecule has 0 amide bonds. The van der Waals surface area contributed by atoms with Gasteiger partial charge in [0.15, 0.2) is 5.78 Å². The lowest BCUT2D eigenvalue weighted by Gasteiger charge is -2.16. The van der Waals surface area contributed by atoms with E-state index in [2.05, 4.69) is 49.1 Å². The fourth-order valence-electron chi connectivity index (χ4n) is 2.61. The fraction of sp³-hybridized carbons (Fsp3) is 0.348. The van der Waals surface area contributed by atoms with Crippen LogP contribution in [0.2, 0.25) is 0 Å². The molecule has 0 saturated heterocycles. The summed E-state index contributed by atoms with van der Waals surface area (Å²) >= 11 is 0. The molecule has 0 saturated carbocycles. The second-order valence-corrected chi connectivity index (χ2v) is 6.27. The highest BCUT2D eigenvalue weighted by atomic mass is 16.1. The van der Waals surface area contributed by atoms with Gasteiger partial charge in [0.05, 0.1) is 6.54 Å². The lowest BCUT2D eigenvalue weighted by molar-refractivity contribution is -0.116. The zero-order valence-electron chi connectivity index (χ0n) is 16.5. The predicted octanol–water partition coefficient (Wildman–Crippen LogP) is 5.43. The largest absolute Gasteiger partial charge is 0.295 e. The van der Waals surface area contributed by atoms with E-state index in [4.69, 9.17) is 0 Å². The Labute approximate surface area is 153 Å². The van der Waals surface area contributed by atoms with Gasteiger partial charge < -0.3 is 0 Å². The van der Waals surface area contributed by atoms with Gasteiger partial charge in [-0.2, -0.15) is 0 Å². The molecule has 2 rings (SSSR count). The van der Waals surface area contributed by atoms with E-state index in [0.717, 1.165) is 17.7 Å². The standard InChI is InChI=1S/C21H25NO.C2H6/c1-16-8-7-10-19(12-16)14-22(4)15-21(23)18(3)13-20-11-6-5-9-17(20)2;1-2/h5-13H,14-15H2,1-4H3;1-2H3/b18-13+;. The summed E-state index contributed by atoms with van der Waals surface area (Å²) in [5, 5.41) is 0. The number of ketones is 1. The smallest absolute Gasteiger partial charge is 0.172 e. The lowest BCUT2D eigenvalue weighted by atomic mass is 10.0. The highest BCUT2D eigenvalue weighted by Gasteiger charge is 2.10. The highest BCUT2D eigenvalue weighted by Crippen LogP contribution is 2.13. The van der Waals surface area contributed by atoms with Gasteiger partial charge >= 0.3 is 0 Å². The van der Waals surface area contributed by atoms with Crippen molar-refractivity contribution in [2.45, 2.75) is 41.2 Å². The maximum absolute atomic E-state index is 12.4. The minimum Gasteiger partial charge on any atom is -0.295 e. The maximum Gasteiger partial charge on any atom is 0.172 e. The number of Topliss-reactive ketones (excluding diaryl/α,β-unsaturated/α-hetero) is 1. The van der Waals surface area contributed by atoms with Crippen LogP contribution in [0.5, 0.6) is 0 Å². The third kappa shape index (κ3) is 7.06. The van der Waals surface area contributed by atoms with Crippen molar-refractivity contribution in [2.24, 2.45) is 0 Å². The van der Waals surface area contributed by atoms with Crippen LogP contribution in [0.4, 0.5) is 0 Å². The van der Waals surface area contributed by atoms with Gasteiger partial charge in [-0.1, -0.05) is 67.9 Å². The maximum atomic E-state index is 12.4. The van der Waals surface area contributed by atoms with E-state index in [1.807, 2.05) is 52.1 Å². The molecule has 134 valence electrons. The van der Waals surface area contributed by atoms with Gasteiger partial charge in [-0.3, -0.25) is 9.69 Å². The summed E-state index contributed by atoms with van der Waals surface area (Å²) < 4.78 is 0. The van der Waals surface area contributed by atoms with Crippen LogP contribution in [0.1, 0.15) is 43.0 Å². The Morgan fingerprint density at radius 1 is 1.04 bits per heavy atom. The Morgan fingerprint density at radius 2 is 1.72 bits per heavy atom. The van der Waals surface area contributed by atoms with Crippen LogP contribution in [0.15, 0.2) is 54.1 Å². The molecule has 25 heavy (non-hydrogen) atoms. The zero-order chi connectivity index (χ0) is 18.8. The minimum atomic E-state index is 0.170. The summed E-state index contributed by atoms with van der Waals surface area (Å²) in [6, 6.07) is 16.5. The first-order chi connectivity index (χ1) is 12.0. The predicted molar refractivity (Wildman–Crippen MR) is 109 cm³/mol. The number of hydrogen-bond donors (Lipinski definition) is 0. The third-order valence-electron chi connectivity index (χ3n) is 3.95. The van der Waals surface area contributed by atoms with E-state index in [1.165, 1.54) is 16.7 Å². The van der Waals surface area contributed by atoms with E-state index in [9.17, 15) is 4.79 Å². The second kappa shape index (κ2) is 10.6. The van der Waals surface area contributed by atoms with Crippen molar-refractivity contribution in [1.82, 2.24) is 4.90 Å². The molecule has 0 radical (unpaired) electrons. The van der Waals surface area contributed by atoms with Crippen molar-refractivity contribution in [3.63, 3.8) is 0 Å². The number of aryl methyl sites for hydroxylation is 2. The fourth-order valence-corrected chi connectivity index (χ4v) is 2.61. The average Bonchev–Trinajstić information content (AvgIpc) is 2.58. The molecule has 2 aromatic carbocycles. The molecule has 0 aliphatic rings. The quantitative estimate of drug-likeness (QED) is 0.655. The summed E-state index contributed by atoms with van der Waals surface area (Å²) in [5.74, 6) is 0.170. The molecule has 0 atom stereocenters. The van der Waals surface area contributed by atoms with E-state index < -0.39 is 0 Å². The molecule has 0 spiro atoms. The number of carbonyl (C=O) groups excluding carboxylic acids is 1. The van der Waals surface area contributed by atoms with Gasteiger partial charge in [-0.05, 0) is 56.2 Å². The summed E-state index contributed by atoms with van der Waals surface area (Å²) in [4.78, 5) is 14.5. The SMILES string of the molecule is C/C(=C\c1ccccc1C)C(=O)CN(C)Cc1cccc(C)c1.CC. The first kappa shape index (κ1) is 20.9. The third-order valence-corrected chi connectivity index (χ3v) is 3.95. The van der Waals surface area contributed by atoms with Crippen molar-refractivity contribution in [1.29, 1.82) is 0 Å². The Balaban J connectivity index is 0.00000151. The number of benzene rings is 2. The van der Waals surface area contributed by atoms with E-state index in [0.29, 0.717) is 6.54 Å². The molecular weight excluding hydrogens is 306 g/mol. The summed E-state index contributed by atoms with van der Waals surface area (Å²) in [6.07, 6.45) is 1.98. The molecule has 0 bridgehead atoms. The average molecular weight is 338 g/mol. The molecule has 0 unspecified atom stereocenters. The monoisotopic (exact) mass is 337 g/mol. The summed E-state index contributed by atoms with van der Waals surface area (Å²) in [5.41, 5.74) is 5.58. The first-order valence-electron chi connectivity index (χ1n) is 8.97. The normalized spacial score (nSPS) is 11.1. The number of hydrogen-bond acceptors (Lipinski definition) is 2. The Morgan fingerprint density at radius 3 is 2.36 bits per heavy atom. The van der Waals surface area contributed by atoms with Gasteiger partial charge in [0.1, 0.15) is 0 Å². The first-order valence-corrected chi connectivity index (χ1v) is 8.97. The Hall–Kier alpha value is -2.19. The van der Waals surface area contributed by atoms with Gasteiger partial charge in [0.25, 0.3) is 0 Å². The second-order valence-electron chi connectivity index (χ2n) is 6.27. The highest BCUT2D eigenvalue weighted by molar-refractivity contribution is 6.00. The van der Waals surface area contributed by atoms with E-state index in [-0.39, 0.29) is 5.78 Å². The van der Waals surface area contributed by atoms with Gasteiger partial charge in [-0.25, -0.2) is 0 Å². The number of rotatable bonds is 6. The molecule has 0 aliphatic carbocycles. The van der Waals surface area contributed by atoms with Crippen molar-refractivity contribution >= 4 is 11.9 Å². The number of nitrogens with zero attached hydrogens (tertiary/aromatic N) is 1. The van der Waals surface area contributed by atoms with Crippen LogP contribution in [0, 0.1) is 13.8 Å². The van der Waals surface area contributed by atoms with Crippen LogP contribution in [0.25, 0.3) is 6.08 Å². The van der Waals surface area contributed by atoms with Gasteiger partial charge in [-0.15, -0.1) is 0 Å². The lowest BCUT2D eigenvalue weighted by Crippen LogP contribution is -2.26. The Kier molecular flexibility index (Phi) is 8.87. The van der Waals surface area contributed by atoms with Crippen molar-refractivity contribution in [2.75, 3.05) is 13.6 Å². The molecule has 2 aromatic rings. The molecule has 0 aliphatic heterocycles. The molecule has 0 aromatic heterocycles. The molecule has 0 fully saturated rings. The molecule has 2 nitrogen and oxygen atoms in total. The summed E-state index contributed by atoms with van der Waals surface area (Å²) in [7, 11) is 1.99. The van der Waals surface area contributed by atoms with Crippen LogP contribution >= 0.6 is 0 Å². The van der Waals surface area contributed by atoms with Gasteiger partial charge in [0, 0.05) is 6.54 Å². The minimum absolute atomic E-state index is 0.170.